The number of rotatable bonds is 9. The van der Waals surface area contributed by atoms with Crippen molar-refractivity contribution in [1.82, 2.24) is 5.32 Å². The Labute approximate surface area is 147 Å². The van der Waals surface area contributed by atoms with Gasteiger partial charge in [-0.25, -0.2) is 0 Å². The van der Waals surface area contributed by atoms with Crippen molar-refractivity contribution in [3.63, 3.8) is 0 Å². The molecule has 0 heterocycles. The van der Waals surface area contributed by atoms with Crippen LogP contribution in [0.4, 0.5) is 57.1 Å². The molecular weight excluding hydrogens is 437 g/mol. The average Bonchev–Trinajstić information content (AvgIpc) is 2.48. The standard InChI is InChI=1S/C12H12F13NO2/c1-5(27)3-2-4-26-6(28)7(13,14)8(15,16)9(17,18)10(19,20)11(21,22)12(23,24)25/h5,27H,2-4H2,1H3,(H,26,28). The Morgan fingerprint density at radius 2 is 1.18 bits per heavy atom. The van der Waals surface area contributed by atoms with Gasteiger partial charge >= 0.3 is 35.8 Å². The van der Waals surface area contributed by atoms with Crippen LogP contribution in [0.2, 0.25) is 0 Å². The summed E-state index contributed by atoms with van der Waals surface area (Å²) in [5.74, 6) is -41.7. The maximum absolute atomic E-state index is 13.3. The summed E-state index contributed by atoms with van der Waals surface area (Å²) in [6, 6.07) is 0. The molecule has 16 heteroatoms. The van der Waals surface area contributed by atoms with Crippen LogP contribution < -0.4 is 5.32 Å². The first-order valence-electron chi connectivity index (χ1n) is 7.01. The molecule has 0 aromatic heterocycles. The summed E-state index contributed by atoms with van der Waals surface area (Å²) in [6.07, 6.45) is -9.17. The Bertz CT molecular complexity index is 556. The van der Waals surface area contributed by atoms with Crippen LogP contribution in [-0.2, 0) is 4.79 Å². The molecule has 0 fully saturated rings. The van der Waals surface area contributed by atoms with Gasteiger partial charge in [-0.3, -0.25) is 4.79 Å². The second kappa shape index (κ2) is 7.74. The Morgan fingerprint density at radius 1 is 0.786 bits per heavy atom. The fraction of sp³-hybridized carbons (Fsp3) is 0.917. The quantitative estimate of drug-likeness (QED) is 0.413. The molecule has 0 saturated carbocycles. The van der Waals surface area contributed by atoms with Crippen LogP contribution in [0.3, 0.4) is 0 Å². The molecule has 168 valence electrons. The molecule has 0 spiro atoms. The second-order valence-electron chi connectivity index (χ2n) is 5.62. The van der Waals surface area contributed by atoms with E-state index in [-0.39, 0.29) is 12.8 Å². The lowest BCUT2D eigenvalue weighted by atomic mass is 9.93. The molecule has 0 rings (SSSR count). The molecule has 1 amide bonds. The van der Waals surface area contributed by atoms with Crippen molar-refractivity contribution >= 4 is 5.91 Å². The molecule has 1 unspecified atom stereocenters. The number of hydrogen-bond acceptors (Lipinski definition) is 2. The van der Waals surface area contributed by atoms with Gasteiger partial charge in [-0.1, -0.05) is 0 Å². The molecular formula is C12H12F13NO2. The van der Waals surface area contributed by atoms with Gasteiger partial charge in [-0.05, 0) is 19.8 Å². The van der Waals surface area contributed by atoms with E-state index in [1.54, 1.807) is 0 Å². The zero-order valence-corrected chi connectivity index (χ0v) is 13.5. The van der Waals surface area contributed by atoms with Crippen LogP contribution in [0.5, 0.6) is 0 Å². The molecule has 0 bridgehead atoms. The number of carbonyl (C=O) groups is 1. The molecule has 0 aromatic carbocycles. The lowest BCUT2D eigenvalue weighted by molar-refractivity contribution is -0.436. The maximum atomic E-state index is 13.3. The Kier molecular flexibility index (Phi) is 7.33. The van der Waals surface area contributed by atoms with Gasteiger partial charge in [0.25, 0.3) is 5.91 Å². The second-order valence-corrected chi connectivity index (χ2v) is 5.62. The summed E-state index contributed by atoms with van der Waals surface area (Å²) < 4.78 is 166. The SMILES string of the molecule is CC(O)CCCNC(=O)C(F)(F)C(F)(F)C(F)(F)C(F)(F)C(F)(F)C(F)(F)F. The van der Waals surface area contributed by atoms with Crippen molar-refractivity contribution in [3.8, 4) is 0 Å². The molecule has 0 aliphatic carbocycles. The minimum absolute atomic E-state index is 0.214. The minimum atomic E-state index is -8.04. The predicted octanol–water partition coefficient (Wildman–Crippen LogP) is 4.00. The average molecular weight is 449 g/mol. The summed E-state index contributed by atoms with van der Waals surface area (Å²) >= 11 is 0. The first kappa shape index (κ1) is 26.5. The number of hydrogen-bond donors (Lipinski definition) is 2. The fourth-order valence-electron chi connectivity index (χ4n) is 1.62. The van der Waals surface area contributed by atoms with E-state index in [0.717, 1.165) is 5.32 Å². The molecule has 0 aliphatic heterocycles. The van der Waals surface area contributed by atoms with Crippen LogP contribution in [0, 0.1) is 0 Å². The van der Waals surface area contributed by atoms with E-state index in [1.165, 1.54) is 6.92 Å². The highest BCUT2D eigenvalue weighted by atomic mass is 19.4. The molecule has 1 atom stereocenters. The fourth-order valence-corrected chi connectivity index (χ4v) is 1.62. The number of aliphatic hydroxyl groups excluding tert-OH is 1. The zero-order chi connectivity index (χ0) is 23.0. The van der Waals surface area contributed by atoms with E-state index in [2.05, 4.69) is 0 Å². The number of carbonyl (C=O) groups excluding carboxylic acids is 1. The van der Waals surface area contributed by atoms with E-state index in [4.69, 9.17) is 5.11 Å². The topological polar surface area (TPSA) is 49.3 Å². The van der Waals surface area contributed by atoms with Crippen molar-refractivity contribution in [2.45, 2.75) is 61.7 Å². The van der Waals surface area contributed by atoms with Gasteiger partial charge in [-0.2, -0.15) is 57.1 Å². The number of alkyl halides is 13. The minimum Gasteiger partial charge on any atom is -0.393 e. The van der Waals surface area contributed by atoms with Crippen molar-refractivity contribution in [2.24, 2.45) is 0 Å². The molecule has 2 N–H and O–H groups in total. The first-order chi connectivity index (χ1) is 12.1. The van der Waals surface area contributed by atoms with Crippen LogP contribution >= 0.6 is 0 Å². The van der Waals surface area contributed by atoms with Gasteiger partial charge in [0, 0.05) is 6.54 Å². The number of amides is 1. The molecule has 0 aliphatic rings. The van der Waals surface area contributed by atoms with E-state index in [1.807, 2.05) is 0 Å². The molecule has 28 heavy (non-hydrogen) atoms. The lowest BCUT2D eigenvalue weighted by Gasteiger charge is -2.39. The third-order valence-electron chi connectivity index (χ3n) is 3.30. The molecule has 3 nitrogen and oxygen atoms in total. The first-order valence-corrected chi connectivity index (χ1v) is 7.01. The summed E-state index contributed by atoms with van der Waals surface area (Å²) in [5.41, 5.74) is 0. The Balaban J connectivity index is 5.82. The van der Waals surface area contributed by atoms with E-state index >= 15 is 0 Å². The number of halogens is 13. The van der Waals surface area contributed by atoms with Crippen LogP contribution in [-0.4, -0.2) is 59.5 Å². The Morgan fingerprint density at radius 3 is 1.54 bits per heavy atom. The number of nitrogens with one attached hydrogen (secondary N) is 1. The van der Waals surface area contributed by atoms with Gasteiger partial charge in [0.2, 0.25) is 0 Å². The van der Waals surface area contributed by atoms with Gasteiger partial charge in [0.05, 0.1) is 6.10 Å². The summed E-state index contributed by atoms with van der Waals surface area (Å²) in [5, 5.41) is 9.73. The lowest BCUT2D eigenvalue weighted by Crippen LogP contribution is -2.72. The van der Waals surface area contributed by atoms with Crippen molar-refractivity contribution in [2.75, 3.05) is 6.54 Å². The normalized spacial score (nSPS) is 16.1. The smallest absolute Gasteiger partial charge is 0.393 e. The van der Waals surface area contributed by atoms with E-state index in [0.29, 0.717) is 0 Å². The van der Waals surface area contributed by atoms with Crippen LogP contribution in [0.25, 0.3) is 0 Å². The summed E-state index contributed by atoms with van der Waals surface area (Å²) in [4.78, 5) is 11.0. The molecule has 0 aromatic rings. The van der Waals surface area contributed by atoms with Gasteiger partial charge < -0.3 is 10.4 Å². The van der Waals surface area contributed by atoms with E-state index < -0.39 is 54.3 Å². The third-order valence-corrected chi connectivity index (χ3v) is 3.30. The van der Waals surface area contributed by atoms with Gasteiger partial charge in [-0.15, -0.1) is 0 Å². The predicted molar refractivity (Wildman–Crippen MR) is 64.7 cm³/mol. The monoisotopic (exact) mass is 449 g/mol. The maximum Gasteiger partial charge on any atom is 0.460 e. The number of aliphatic hydroxyl groups is 1. The van der Waals surface area contributed by atoms with E-state index in [9.17, 15) is 61.9 Å². The molecule has 0 saturated heterocycles. The summed E-state index contributed by atoms with van der Waals surface area (Å²) in [7, 11) is 0. The highest BCUT2D eigenvalue weighted by Gasteiger charge is 2.91. The third kappa shape index (κ3) is 4.25. The Hall–Kier alpha value is -1.48. The zero-order valence-electron chi connectivity index (χ0n) is 13.5. The van der Waals surface area contributed by atoms with Gasteiger partial charge in [0.15, 0.2) is 0 Å². The van der Waals surface area contributed by atoms with Crippen molar-refractivity contribution in [3.05, 3.63) is 0 Å². The molecule has 0 radical (unpaired) electrons. The van der Waals surface area contributed by atoms with Gasteiger partial charge in [0.1, 0.15) is 0 Å². The highest BCUT2D eigenvalue weighted by Crippen LogP contribution is 2.60. The highest BCUT2D eigenvalue weighted by molar-refractivity contribution is 5.84. The van der Waals surface area contributed by atoms with Crippen molar-refractivity contribution in [1.29, 1.82) is 0 Å². The van der Waals surface area contributed by atoms with Crippen molar-refractivity contribution < 1.29 is 67.0 Å². The van der Waals surface area contributed by atoms with Crippen LogP contribution in [0.1, 0.15) is 19.8 Å². The van der Waals surface area contributed by atoms with Crippen LogP contribution in [0.15, 0.2) is 0 Å². The summed E-state index contributed by atoms with van der Waals surface area (Å²) in [6.45, 7) is 0.212. The largest absolute Gasteiger partial charge is 0.460 e.